The molecular formula is C28H43NO6S. The molecule has 4 aliphatic carbocycles. The predicted octanol–water partition coefficient (Wildman–Crippen LogP) is 4.61. The van der Waals surface area contributed by atoms with Crippen LogP contribution in [0.3, 0.4) is 0 Å². The van der Waals surface area contributed by atoms with Crippen molar-refractivity contribution in [3.63, 3.8) is 0 Å². The highest BCUT2D eigenvalue weighted by Crippen LogP contribution is 2.66. The van der Waals surface area contributed by atoms with Crippen LogP contribution in [0.4, 0.5) is 0 Å². The first-order chi connectivity index (χ1) is 17.1. The zero-order chi connectivity index (χ0) is 26.1. The summed E-state index contributed by atoms with van der Waals surface area (Å²) in [5.41, 5.74) is 0.239. The third-order valence-electron chi connectivity index (χ3n) is 10.5. The van der Waals surface area contributed by atoms with Gasteiger partial charge in [0.15, 0.2) is 0 Å². The fraction of sp³-hybridized carbons (Fsp3) is 0.857. The maximum atomic E-state index is 12.7. The van der Waals surface area contributed by atoms with Gasteiger partial charge in [0, 0.05) is 24.7 Å². The van der Waals surface area contributed by atoms with Crippen LogP contribution in [0.1, 0.15) is 90.9 Å². The smallest absolute Gasteiger partial charge is 0.326 e. The second-order valence-electron chi connectivity index (χ2n) is 12.2. The molecule has 0 saturated heterocycles. The summed E-state index contributed by atoms with van der Waals surface area (Å²) >= 11 is 1.53. The van der Waals surface area contributed by atoms with Gasteiger partial charge in [-0.15, -0.1) is 0 Å². The molecule has 0 heterocycles. The van der Waals surface area contributed by atoms with Crippen molar-refractivity contribution in [2.75, 3.05) is 12.0 Å². The molecule has 8 atom stereocenters. The zero-order valence-electron chi connectivity index (χ0n) is 22.1. The fourth-order valence-corrected chi connectivity index (χ4v) is 8.86. The van der Waals surface area contributed by atoms with Gasteiger partial charge in [-0.25, -0.2) is 4.79 Å². The molecule has 4 aliphatic rings. The summed E-state index contributed by atoms with van der Waals surface area (Å²) in [4.78, 5) is 48.5. The summed E-state index contributed by atoms with van der Waals surface area (Å²) in [7, 11) is 0. The number of rotatable bonds is 9. The molecule has 2 N–H and O–H groups in total. The first-order valence-corrected chi connectivity index (χ1v) is 15.2. The Hall–Kier alpha value is -1.57. The lowest BCUT2D eigenvalue weighted by atomic mass is 9.45. The molecular weight excluding hydrogens is 478 g/mol. The van der Waals surface area contributed by atoms with Crippen LogP contribution in [-0.4, -0.2) is 52.9 Å². The first kappa shape index (κ1) is 27.5. The van der Waals surface area contributed by atoms with Crippen molar-refractivity contribution < 1.29 is 29.0 Å². The molecule has 4 rings (SSSR count). The van der Waals surface area contributed by atoms with Gasteiger partial charge < -0.3 is 15.2 Å². The third kappa shape index (κ3) is 5.34. The number of carboxylic acids is 1. The molecule has 4 fully saturated rings. The first-order valence-electron chi connectivity index (χ1n) is 13.8. The predicted molar refractivity (Wildman–Crippen MR) is 138 cm³/mol. The number of hydrogen-bond acceptors (Lipinski definition) is 6. The summed E-state index contributed by atoms with van der Waals surface area (Å²) in [6.07, 6.45) is 11.0. The highest BCUT2D eigenvalue weighted by atomic mass is 32.2. The lowest BCUT2D eigenvalue weighted by Gasteiger charge is -2.60. The zero-order valence-corrected chi connectivity index (χ0v) is 22.9. The normalized spacial score (nSPS) is 38.3. The van der Waals surface area contributed by atoms with Gasteiger partial charge in [-0.05, 0) is 92.5 Å². The number of Topliss-reactive ketones (excluding diaryl/α,β-unsaturated/α-hetero) is 1. The number of thioether (sulfide) groups is 1. The average molecular weight is 522 g/mol. The van der Waals surface area contributed by atoms with Crippen molar-refractivity contribution in [1.29, 1.82) is 0 Å². The Kier molecular flexibility index (Phi) is 8.42. The molecule has 0 aromatic carbocycles. The SMILES string of the molecule is CSCC[C@@H](NC(=O)CCC(=O)O[C@@H]1CC[C@H]2[C@@H]3CC[C@H]4CC(=O)CC[C@]4(C)[C@H]3CC[C@]12C)C(=O)O. The summed E-state index contributed by atoms with van der Waals surface area (Å²) in [5.74, 6) is 1.62. The van der Waals surface area contributed by atoms with Gasteiger partial charge in [0.1, 0.15) is 17.9 Å². The van der Waals surface area contributed by atoms with E-state index in [9.17, 15) is 24.3 Å². The number of aliphatic carboxylic acids is 1. The van der Waals surface area contributed by atoms with Gasteiger partial charge in [-0.3, -0.25) is 14.4 Å². The highest BCUT2D eigenvalue weighted by molar-refractivity contribution is 7.98. The summed E-state index contributed by atoms with van der Waals surface area (Å²) in [5, 5.41) is 11.8. The van der Waals surface area contributed by atoms with E-state index in [4.69, 9.17) is 4.74 Å². The molecule has 0 radical (unpaired) electrons. The minimum absolute atomic E-state index is 0.0288. The lowest BCUT2D eigenvalue weighted by Crippen LogP contribution is -2.54. The molecule has 7 nitrogen and oxygen atoms in total. The fourth-order valence-electron chi connectivity index (χ4n) is 8.38. The van der Waals surface area contributed by atoms with E-state index in [1.54, 1.807) is 0 Å². The van der Waals surface area contributed by atoms with E-state index in [0.29, 0.717) is 41.6 Å². The number of nitrogens with one attached hydrogen (secondary N) is 1. The molecule has 0 aromatic rings. The van der Waals surface area contributed by atoms with E-state index in [0.717, 1.165) is 51.4 Å². The number of amides is 1. The summed E-state index contributed by atoms with van der Waals surface area (Å²) < 4.78 is 5.99. The van der Waals surface area contributed by atoms with Crippen molar-refractivity contribution in [3.8, 4) is 0 Å². The quantitative estimate of drug-likeness (QED) is 0.426. The van der Waals surface area contributed by atoms with E-state index in [1.165, 1.54) is 18.2 Å². The molecule has 1 amide bonds. The molecule has 0 aliphatic heterocycles. The second-order valence-corrected chi connectivity index (χ2v) is 13.2. The monoisotopic (exact) mass is 521 g/mol. The third-order valence-corrected chi connectivity index (χ3v) is 11.1. The van der Waals surface area contributed by atoms with Crippen LogP contribution in [-0.2, 0) is 23.9 Å². The van der Waals surface area contributed by atoms with E-state index in [-0.39, 0.29) is 35.7 Å². The van der Waals surface area contributed by atoms with Crippen molar-refractivity contribution in [1.82, 2.24) is 5.32 Å². The maximum absolute atomic E-state index is 12.7. The Bertz CT molecular complexity index is 878. The number of ketones is 1. The van der Waals surface area contributed by atoms with Crippen LogP contribution in [0.5, 0.6) is 0 Å². The number of hydrogen-bond donors (Lipinski definition) is 2. The number of carboxylic acid groups (broad SMARTS) is 1. The van der Waals surface area contributed by atoms with Crippen molar-refractivity contribution in [2.24, 2.45) is 34.5 Å². The summed E-state index contributed by atoms with van der Waals surface area (Å²) in [6.45, 7) is 4.74. The minimum Gasteiger partial charge on any atom is -0.480 e. The van der Waals surface area contributed by atoms with Gasteiger partial charge in [0.05, 0.1) is 6.42 Å². The number of esters is 1. The van der Waals surface area contributed by atoms with Gasteiger partial charge >= 0.3 is 11.9 Å². The number of carbonyl (C=O) groups excluding carboxylic acids is 3. The number of fused-ring (bicyclic) bond motifs is 5. The molecule has 36 heavy (non-hydrogen) atoms. The highest BCUT2D eigenvalue weighted by Gasteiger charge is 2.61. The van der Waals surface area contributed by atoms with Crippen LogP contribution in [0.25, 0.3) is 0 Å². The Morgan fingerprint density at radius 2 is 1.81 bits per heavy atom. The molecule has 4 saturated carbocycles. The van der Waals surface area contributed by atoms with Gasteiger partial charge in [0.25, 0.3) is 0 Å². The van der Waals surface area contributed by atoms with E-state index in [1.807, 2.05) is 6.26 Å². The molecule has 8 heteroatoms. The van der Waals surface area contributed by atoms with Crippen LogP contribution in [0.15, 0.2) is 0 Å². The molecule has 202 valence electrons. The van der Waals surface area contributed by atoms with E-state index >= 15 is 0 Å². The van der Waals surface area contributed by atoms with Crippen molar-refractivity contribution in [3.05, 3.63) is 0 Å². The molecule has 0 unspecified atom stereocenters. The van der Waals surface area contributed by atoms with Gasteiger partial charge in [0.2, 0.25) is 5.91 Å². The van der Waals surface area contributed by atoms with Crippen LogP contribution in [0, 0.1) is 34.5 Å². The van der Waals surface area contributed by atoms with Crippen LogP contribution < -0.4 is 5.32 Å². The Morgan fingerprint density at radius 1 is 1.06 bits per heavy atom. The Morgan fingerprint density at radius 3 is 2.53 bits per heavy atom. The maximum Gasteiger partial charge on any atom is 0.326 e. The standard InChI is InChI=1S/C28H43NO6S/c1-27-13-10-18(30)16-17(27)4-5-19-20-6-7-23(28(20,2)14-11-21(19)27)35-25(32)9-8-24(31)29-22(26(33)34)12-15-36-3/h17,19-23H,4-16H2,1-3H3,(H,29,31)(H,33,34)/t17-,19-,20-,21-,22+,23+,27-,28-/m0/s1. The number of ether oxygens (including phenoxy) is 1. The molecule has 0 bridgehead atoms. The van der Waals surface area contributed by atoms with Crippen molar-refractivity contribution >= 4 is 35.4 Å². The summed E-state index contributed by atoms with van der Waals surface area (Å²) in [6, 6.07) is -0.926. The second kappa shape index (κ2) is 11.0. The van der Waals surface area contributed by atoms with E-state index in [2.05, 4.69) is 19.2 Å². The largest absolute Gasteiger partial charge is 0.480 e. The van der Waals surface area contributed by atoms with Gasteiger partial charge in [-0.1, -0.05) is 13.8 Å². The minimum atomic E-state index is -1.05. The van der Waals surface area contributed by atoms with Crippen molar-refractivity contribution in [2.45, 2.75) is 103 Å². The molecule has 0 spiro atoms. The van der Waals surface area contributed by atoms with Crippen LogP contribution >= 0.6 is 11.8 Å². The lowest BCUT2D eigenvalue weighted by molar-refractivity contribution is -0.164. The van der Waals surface area contributed by atoms with Crippen LogP contribution in [0.2, 0.25) is 0 Å². The van der Waals surface area contributed by atoms with Gasteiger partial charge in [-0.2, -0.15) is 11.8 Å². The molecule has 0 aromatic heterocycles. The number of carbonyl (C=O) groups is 4. The van der Waals surface area contributed by atoms with E-state index < -0.39 is 17.9 Å². The topological polar surface area (TPSA) is 110 Å². The Balaban J connectivity index is 1.31. The average Bonchev–Trinajstić information content (AvgIpc) is 3.16. The Labute approximate surface area is 219 Å².